The van der Waals surface area contributed by atoms with E-state index in [0.29, 0.717) is 13.1 Å². The van der Waals surface area contributed by atoms with E-state index in [1.165, 1.54) is 0 Å². The molecule has 0 saturated carbocycles. The van der Waals surface area contributed by atoms with Gasteiger partial charge in [0.05, 0.1) is 0 Å². The Labute approximate surface area is 84.2 Å². The van der Waals surface area contributed by atoms with Gasteiger partial charge in [0.2, 0.25) is 0 Å². The molecular formula is C10H17NO3. The lowest BCUT2D eigenvalue weighted by Crippen LogP contribution is -2.35. The van der Waals surface area contributed by atoms with Crippen molar-refractivity contribution in [3.63, 3.8) is 0 Å². The quantitative estimate of drug-likeness (QED) is 0.600. The fraction of sp³-hybridized carbons (Fsp3) is 0.800. The Kier molecular flexibility index (Phi) is 3.13. The molecule has 0 aromatic carbocycles. The van der Waals surface area contributed by atoms with Gasteiger partial charge in [0.15, 0.2) is 0 Å². The topological polar surface area (TPSA) is 46.6 Å². The van der Waals surface area contributed by atoms with Crippen molar-refractivity contribution in [3.8, 4) is 0 Å². The van der Waals surface area contributed by atoms with Gasteiger partial charge >= 0.3 is 6.09 Å². The number of carbonyl (C=O) groups is 2. The van der Waals surface area contributed by atoms with E-state index in [1.54, 1.807) is 4.90 Å². The highest BCUT2D eigenvalue weighted by Gasteiger charge is 2.29. The molecule has 1 aliphatic heterocycles. The van der Waals surface area contributed by atoms with Crippen LogP contribution in [0, 0.1) is 5.92 Å². The standard InChI is InChI=1S/C10H17NO3/c1-10(2,3)14-9(13)11-5-4-8(6-11)7-12/h7-8H,4-6H2,1-3H3/t8-/m1/s1. The van der Waals surface area contributed by atoms with Crippen molar-refractivity contribution in [3.05, 3.63) is 0 Å². The maximum atomic E-state index is 11.5. The summed E-state index contributed by atoms with van der Waals surface area (Å²) >= 11 is 0. The molecule has 1 rings (SSSR count). The summed E-state index contributed by atoms with van der Waals surface area (Å²) in [5.74, 6) is -0.0116. The fourth-order valence-electron chi connectivity index (χ4n) is 1.39. The number of hydrogen-bond donors (Lipinski definition) is 0. The Bertz CT molecular complexity index is 232. The van der Waals surface area contributed by atoms with Crippen LogP contribution in [0.2, 0.25) is 0 Å². The minimum absolute atomic E-state index is 0.0116. The number of likely N-dealkylation sites (tertiary alicyclic amines) is 1. The number of ether oxygens (including phenoxy) is 1. The van der Waals surface area contributed by atoms with Crippen LogP contribution in [0.1, 0.15) is 27.2 Å². The van der Waals surface area contributed by atoms with Gasteiger partial charge in [-0.1, -0.05) is 0 Å². The first-order chi connectivity index (χ1) is 6.42. The van der Waals surface area contributed by atoms with E-state index in [9.17, 15) is 9.59 Å². The van der Waals surface area contributed by atoms with Crippen LogP contribution < -0.4 is 0 Å². The van der Waals surface area contributed by atoms with Gasteiger partial charge in [0, 0.05) is 19.0 Å². The van der Waals surface area contributed by atoms with Crippen molar-refractivity contribution in [1.82, 2.24) is 4.90 Å². The summed E-state index contributed by atoms with van der Waals surface area (Å²) in [6, 6.07) is 0. The second-order valence-electron chi connectivity index (χ2n) is 4.61. The molecule has 0 spiro atoms. The molecule has 1 heterocycles. The first-order valence-electron chi connectivity index (χ1n) is 4.85. The molecule has 0 bridgehead atoms. The second-order valence-corrected chi connectivity index (χ2v) is 4.61. The second kappa shape index (κ2) is 3.98. The number of hydrogen-bond acceptors (Lipinski definition) is 3. The van der Waals surface area contributed by atoms with Crippen LogP contribution in [0.5, 0.6) is 0 Å². The highest BCUT2D eigenvalue weighted by Crippen LogP contribution is 2.17. The molecule has 1 aliphatic rings. The van der Waals surface area contributed by atoms with Gasteiger partial charge in [0.1, 0.15) is 11.9 Å². The number of amides is 1. The van der Waals surface area contributed by atoms with Crippen molar-refractivity contribution in [2.24, 2.45) is 5.92 Å². The highest BCUT2D eigenvalue weighted by atomic mass is 16.6. The van der Waals surface area contributed by atoms with Gasteiger partial charge in [-0.15, -0.1) is 0 Å². The summed E-state index contributed by atoms with van der Waals surface area (Å²) in [5.41, 5.74) is -0.462. The van der Waals surface area contributed by atoms with Gasteiger partial charge < -0.3 is 14.4 Å². The molecule has 0 aliphatic carbocycles. The molecule has 1 atom stereocenters. The monoisotopic (exact) mass is 199 g/mol. The van der Waals surface area contributed by atoms with Crippen LogP contribution in [0.4, 0.5) is 4.79 Å². The Morgan fingerprint density at radius 3 is 2.57 bits per heavy atom. The van der Waals surface area contributed by atoms with Gasteiger partial charge in [-0.05, 0) is 27.2 Å². The van der Waals surface area contributed by atoms with Crippen molar-refractivity contribution < 1.29 is 14.3 Å². The third kappa shape index (κ3) is 3.01. The van der Waals surface area contributed by atoms with Crippen LogP contribution >= 0.6 is 0 Å². The van der Waals surface area contributed by atoms with Gasteiger partial charge in [-0.3, -0.25) is 0 Å². The van der Waals surface area contributed by atoms with E-state index >= 15 is 0 Å². The van der Waals surface area contributed by atoms with Crippen molar-refractivity contribution in [1.29, 1.82) is 0 Å². The molecule has 14 heavy (non-hydrogen) atoms. The number of nitrogens with zero attached hydrogens (tertiary/aromatic N) is 1. The molecule has 1 saturated heterocycles. The number of carbonyl (C=O) groups excluding carboxylic acids is 2. The predicted octanol–water partition coefficient (Wildman–Crippen LogP) is 1.44. The number of rotatable bonds is 1. The SMILES string of the molecule is CC(C)(C)OC(=O)N1CC[C@@H](C=O)C1. The summed E-state index contributed by atoms with van der Waals surface area (Å²) in [6.45, 7) is 6.62. The lowest BCUT2D eigenvalue weighted by Gasteiger charge is -2.24. The lowest BCUT2D eigenvalue weighted by atomic mass is 10.1. The van der Waals surface area contributed by atoms with Crippen LogP contribution in [-0.2, 0) is 9.53 Å². The molecular weight excluding hydrogens is 182 g/mol. The molecule has 0 unspecified atom stereocenters. The summed E-state index contributed by atoms with van der Waals surface area (Å²) in [4.78, 5) is 23.6. The minimum atomic E-state index is -0.462. The summed E-state index contributed by atoms with van der Waals surface area (Å²) in [7, 11) is 0. The summed E-state index contributed by atoms with van der Waals surface area (Å²) < 4.78 is 5.19. The van der Waals surface area contributed by atoms with E-state index < -0.39 is 5.60 Å². The maximum Gasteiger partial charge on any atom is 0.410 e. The van der Waals surface area contributed by atoms with Crippen LogP contribution in [0.3, 0.4) is 0 Å². The minimum Gasteiger partial charge on any atom is -0.444 e. The van der Waals surface area contributed by atoms with E-state index in [4.69, 9.17) is 4.74 Å². The number of aldehydes is 1. The Morgan fingerprint density at radius 2 is 2.14 bits per heavy atom. The summed E-state index contributed by atoms with van der Waals surface area (Å²) in [6.07, 6.45) is 1.34. The molecule has 0 radical (unpaired) electrons. The molecule has 0 aromatic heterocycles. The molecule has 80 valence electrons. The average molecular weight is 199 g/mol. The first-order valence-corrected chi connectivity index (χ1v) is 4.85. The van der Waals surface area contributed by atoms with Crippen molar-refractivity contribution in [2.45, 2.75) is 32.8 Å². The van der Waals surface area contributed by atoms with E-state index in [-0.39, 0.29) is 12.0 Å². The van der Waals surface area contributed by atoms with Crippen LogP contribution in [-0.4, -0.2) is 36.0 Å². The van der Waals surface area contributed by atoms with E-state index in [1.807, 2.05) is 20.8 Å². The van der Waals surface area contributed by atoms with E-state index in [2.05, 4.69) is 0 Å². The lowest BCUT2D eigenvalue weighted by molar-refractivity contribution is -0.110. The molecule has 0 N–H and O–H groups in total. The zero-order chi connectivity index (χ0) is 10.8. The molecule has 0 aromatic rings. The third-order valence-electron chi connectivity index (χ3n) is 2.07. The molecule has 4 nitrogen and oxygen atoms in total. The Morgan fingerprint density at radius 1 is 1.50 bits per heavy atom. The predicted molar refractivity (Wildman–Crippen MR) is 52.0 cm³/mol. The normalized spacial score (nSPS) is 22.2. The highest BCUT2D eigenvalue weighted by molar-refractivity contribution is 5.69. The molecule has 4 heteroatoms. The van der Waals surface area contributed by atoms with Gasteiger partial charge in [0.25, 0.3) is 0 Å². The first kappa shape index (κ1) is 11.0. The van der Waals surface area contributed by atoms with Gasteiger partial charge in [-0.2, -0.15) is 0 Å². The largest absolute Gasteiger partial charge is 0.444 e. The van der Waals surface area contributed by atoms with Crippen molar-refractivity contribution >= 4 is 12.4 Å². The van der Waals surface area contributed by atoms with Crippen molar-refractivity contribution in [2.75, 3.05) is 13.1 Å². The zero-order valence-corrected chi connectivity index (χ0v) is 8.95. The molecule has 1 amide bonds. The Balaban J connectivity index is 2.43. The smallest absolute Gasteiger partial charge is 0.410 e. The third-order valence-corrected chi connectivity index (χ3v) is 2.07. The molecule has 1 fully saturated rings. The van der Waals surface area contributed by atoms with Crippen LogP contribution in [0.15, 0.2) is 0 Å². The average Bonchev–Trinajstić information content (AvgIpc) is 2.48. The van der Waals surface area contributed by atoms with E-state index in [0.717, 1.165) is 12.7 Å². The maximum absolute atomic E-state index is 11.5. The summed E-state index contributed by atoms with van der Waals surface area (Å²) in [5, 5.41) is 0. The van der Waals surface area contributed by atoms with Crippen LogP contribution in [0.25, 0.3) is 0 Å². The Hall–Kier alpha value is -1.06. The van der Waals surface area contributed by atoms with Gasteiger partial charge in [-0.25, -0.2) is 4.79 Å². The zero-order valence-electron chi connectivity index (χ0n) is 8.95. The fourth-order valence-corrected chi connectivity index (χ4v) is 1.39.